The third-order valence-electron chi connectivity index (χ3n) is 4.09. The predicted molar refractivity (Wildman–Crippen MR) is 78.6 cm³/mol. The molecule has 1 atom stereocenters. The van der Waals surface area contributed by atoms with Gasteiger partial charge in [-0.3, -0.25) is 19.7 Å². The summed E-state index contributed by atoms with van der Waals surface area (Å²) in [5.74, 6) is -0.366. The van der Waals surface area contributed by atoms with E-state index in [1.165, 1.54) is 6.07 Å². The number of amides is 2. The second-order valence-electron chi connectivity index (χ2n) is 5.65. The Bertz CT molecular complexity index is 634. The average Bonchev–Trinajstić information content (AvgIpc) is 2.51. The SMILES string of the molecule is O=C1CC[C@@H](Oc2ccn(C3CCNCC3)c(=O)c2)C(=O)N1. The lowest BCUT2D eigenvalue weighted by Crippen LogP contribution is -2.46. The summed E-state index contributed by atoms with van der Waals surface area (Å²) in [6, 6.07) is 3.32. The molecule has 3 rings (SSSR count). The highest BCUT2D eigenvalue weighted by Gasteiger charge is 2.28. The van der Waals surface area contributed by atoms with E-state index in [1.807, 2.05) is 0 Å². The van der Waals surface area contributed by atoms with E-state index in [-0.39, 0.29) is 23.9 Å². The van der Waals surface area contributed by atoms with Crippen LogP contribution in [0.5, 0.6) is 5.75 Å². The molecule has 0 saturated carbocycles. The summed E-state index contributed by atoms with van der Waals surface area (Å²) in [5.41, 5.74) is -0.128. The van der Waals surface area contributed by atoms with E-state index in [2.05, 4.69) is 10.6 Å². The summed E-state index contributed by atoms with van der Waals surface area (Å²) in [6.45, 7) is 1.82. The van der Waals surface area contributed by atoms with Crippen molar-refractivity contribution in [2.45, 2.75) is 37.8 Å². The van der Waals surface area contributed by atoms with Crippen molar-refractivity contribution in [3.8, 4) is 5.75 Å². The number of carbonyl (C=O) groups is 2. The number of hydrogen-bond acceptors (Lipinski definition) is 5. The maximum Gasteiger partial charge on any atom is 0.267 e. The lowest BCUT2D eigenvalue weighted by Gasteiger charge is -2.25. The zero-order chi connectivity index (χ0) is 15.5. The lowest BCUT2D eigenvalue weighted by molar-refractivity contribution is -0.138. The van der Waals surface area contributed by atoms with Crippen molar-refractivity contribution in [1.82, 2.24) is 15.2 Å². The summed E-state index contributed by atoms with van der Waals surface area (Å²) in [6.07, 6.45) is 3.44. The number of carbonyl (C=O) groups excluding carboxylic acids is 2. The fourth-order valence-electron chi connectivity index (χ4n) is 2.88. The van der Waals surface area contributed by atoms with Crippen molar-refractivity contribution < 1.29 is 14.3 Å². The van der Waals surface area contributed by atoms with Crippen LogP contribution in [0.3, 0.4) is 0 Å². The minimum absolute atomic E-state index is 0.128. The molecule has 2 aliphatic rings. The van der Waals surface area contributed by atoms with Crippen molar-refractivity contribution in [2.24, 2.45) is 0 Å². The molecule has 1 aromatic heterocycles. The second-order valence-corrected chi connectivity index (χ2v) is 5.65. The van der Waals surface area contributed by atoms with Crippen LogP contribution in [0.25, 0.3) is 0 Å². The van der Waals surface area contributed by atoms with Gasteiger partial charge in [0, 0.05) is 31.1 Å². The molecule has 0 radical (unpaired) electrons. The first-order valence-corrected chi connectivity index (χ1v) is 7.57. The quantitative estimate of drug-likeness (QED) is 0.765. The molecule has 22 heavy (non-hydrogen) atoms. The zero-order valence-corrected chi connectivity index (χ0v) is 12.2. The van der Waals surface area contributed by atoms with Crippen LogP contribution < -0.4 is 20.9 Å². The first-order chi connectivity index (χ1) is 10.6. The minimum Gasteiger partial charge on any atom is -0.480 e. The number of aromatic nitrogens is 1. The van der Waals surface area contributed by atoms with Crippen molar-refractivity contribution >= 4 is 11.8 Å². The molecule has 0 aliphatic carbocycles. The molecule has 2 aliphatic heterocycles. The predicted octanol–water partition coefficient (Wildman–Crippen LogP) is -0.0432. The molecule has 0 spiro atoms. The van der Waals surface area contributed by atoms with Crippen molar-refractivity contribution in [3.05, 3.63) is 28.7 Å². The van der Waals surface area contributed by atoms with E-state index in [1.54, 1.807) is 16.8 Å². The van der Waals surface area contributed by atoms with Crippen LogP contribution in [-0.4, -0.2) is 35.6 Å². The molecule has 3 heterocycles. The molecule has 0 unspecified atom stereocenters. The van der Waals surface area contributed by atoms with Gasteiger partial charge in [0.1, 0.15) is 5.75 Å². The van der Waals surface area contributed by atoms with E-state index in [9.17, 15) is 14.4 Å². The molecule has 2 saturated heterocycles. The number of pyridine rings is 1. The van der Waals surface area contributed by atoms with Crippen LogP contribution in [0.4, 0.5) is 0 Å². The van der Waals surface area contributed by atoms with Gasteiger partial charge in [-0.25, -0.2) is 0 Å². The summed E-state index contributed by atoms with van der Waals surface area (Å²) in [4.78, 5) is 35.0. The maximum absolute atomic E-state index is 12.2. The van der Waals surface area contributed by atoms with Crippen LogP contribution >= 0.6 is 0 Å². The molecule has 0 aromatic carbocycles. The fourth-order valence-corrected chi connectivity index (χ4v) is 2.88. The van der Waals surface area contributed by atoms with Crippen molar-refractivity contribution in [3.63, 3.8) is 0 Å². The smallest absolute Gasteiger partial charge is 0.267 e. The van der Waals surface area contributed by atoms with Gasteiger partial charge in [0.2, 0.25) is 5.91 Å². The molecule has 2 N–H and O–H groups in total. The van der Waals surface area contributed by atoms with Crippen molar-refractivity contribution in [2.75, 3.05) is 13.1 Å². The summed E-state index contributed by atoms with van der Waals surface area (Å²) in [5, 5.41) is 5.50. The Morgan fingerprint density at radius 2 is 1.91 bits per heavy atom. The highest BCUT2D eigenvalue weighted by atomic mass is 16.5. The second kappa shape index (κ2) is 6.31. The number of rotatable bonds is 3. The van der Waals surface area contributed by atoms with Gasteiger partial charge in [-0.1, -0.05) is 0 Å². The Balaban J connectivity index is 1.70. The molecular weight excluding hydrogens is 286 g/mol. The first kappa shape index (κ1) is 14.8. The van der Waals surface area contributed by atoms with Gasteiger partial charge >= 0.3 is 0 Å². The number of imide groups is 1. The number of nitrogens with zero attached hydrogens (tertiary/aromatic N) is 1. The van der Waals surface area contributed by atoms with Gasteiger partial charge in [-0.05, 0) is 32.0 Å². The largest absolute Gasteiger partial charge is 0.480 e. The third kappa shape index (κ3) is 3.19. The monoisotopic (exact) mass is 305 g/mol. The molecule has 7 heteroatoms. The van der Waals surface area contributed by atoms with Gasteiger partial charge in [0.15, 0.2) is 6.10 Å². The Hall–Kier alpha value is -2.15. The van der Waals surface area contributed by atoms with Crippen LogP contribution in [-0.2, 0) is 9.59 Å². The highest BCUT2D eigenvalue weighted by Crippen LogP contribution is 2.19. The third-order valence-corrected chi connectivity index (χ3v) is 4.09. The number of ether oxygens (including phenoxy) is 1. The first-order valence-electron chi connectivity index (χ1n) is 7.57. The van der Waals surface area contributed by atoms with E-state index in [4.69, 9.17) is 4.74 Å². The normalized spacial score (nSPS) is 23.2. The Labute approximate surface area is 127 Å². The molecule has 118 valence electrons. The van der Waals surface area contributed by atoms with E-state index >= 15 is 0 Å². The van der Waals surface area contributed by atoms with E-state index in [0.717, 1.165) is 25.9 Å². The van der Waals surface area contributed by atoms with Crippen LogP contribution in [0.1, 0.15) is 31.7 Å². The average molecular weight is 305 g/mol. The van der Waals surface area contributed by atoms with E-state index in [0.29, 0.717) is 12.2 Å². The Morgan fingerprint density at radius 1 is 1.14 bits per heavy atom. The van der Waals surface area contributed by atoms with Crippen molar-refractivity contribution in [1.29, 1.82) is 0 Å². The molecule has 2 fully saturated rings. The molecular formula is C15H19N3O4. The summed E-state index contributed by atoms with van der Waals surface area (Å²) in [7, 11) is 0. The fraction of sp³-hybridized carbons (Fsp3) is 0.533. The number of hydrogen-bond donors (Lipinski definition) is 2. The Morgan fingerprint density at radius 3 is 2.59 bits per heavy atom. The Kier molecular flexibility index (Phi) is 4.24. The van der Waals surface area contributed by atoms with Gasteiger partial charge in [0.05, 0.1) is 0 Å². The van der Waals surface area contributed by atoms with E-state index < -0.39 is 12.0 Å². The highest BCUT2D eigenvalue weighted by molar-refractivity contribution is 5.99. The topological polar surface area (TPSA) is 89.4 Å². The van der Waals surface area contributed by atoms with Gasteiger partial charge in [-0.15, -0.1) is 0 Å². The standard InChI is InChI=1S/C15H19N3O4/c19-13-2-1-12(15(21)17-13)22-11-5-8-18(14(20)9-11)10-3-6-16-7-4-10/h5,8-10,12,16H,1-4,6-7H2,(H,17,19,21)/t12-/m1/s1. The summed E-state index contributed by atoms with van der Waals surface area (Å²) < 4.78 is 7.27. The summed E-state index contributed by atoms with van der Waals surface area (Å²) >= 11 is 0. The van der Waals surface area contributed by atoms with Crippen LogP contribution in [0.2, 0.25) is 0 Å². The molecule has 1 aromatic rings. The molecule has 7 nitrogen and oxygen atoms in total. The minimum atomic E-state index is -0.716. The van der Waals surface area contributed by atoms with Gasteiger partial charge < -0.3 is 14.6 Å². The van der Waals surface area contributed by atoms with Crippen LogP contribution in [0, 0.1) is 0 Å². The number of piperidine rings is 2. The van der Waals surface area contributed by atoms with Crippen LogP contribution in [0.15, 0.2) is 23.1 Å². The van der Waals surface area contributed by atoms with Gasteiger partial charge in [0.25, 0.3) is 11.5 Å². The number of nitrogens with one attached hydrogen (secondary N) is 2. The lowest BCUT2D eigenvalue weighted by atomic mass is 10.1. The zero-order valence-electron chi connectivity index (χ0n) is 12.2. The molecule has 2 amide bonds. The molecule has 0 bridgehead atoms. The maximum atomic E-state index is 12.2. The van der Waals surface area contributed by atoms with Gasteiger partial charge in [-0.2, -0.15) is 0 Å².